The molecule has 1 aromatic carbocycles. The predicted molar refractivity (Wildman–Crippen MR) is 103 cm³/mol. The van der Waals surface area contributed by atoms with Crippen molar-refractivity contribution in [3.05, 3.63) is 34.5 Å². The minimum Gasteiger partial charge on any atom is -0.507 e. The maximum absolute atomic E-state index is 10.3. The molecular formula is C19H22N4OS. The summed E-state index contributed by atoms with van der Waals surface area (Å²) >= 11 is 1.64. The van der Waals surface area contributed by atoms with Crippen LogP contribution < -0.4 is 5.32 Å². The van der Waals surface area contributed by atoms with Gasteiger partial charge in [-0.3, -0.25) is 0 Å². The molecule has 0 amide bonds. The van der Waals surface area contributed by atoms with E-state index in [1.807, 2.05) is 19.1 Å². The molecule has 0 spiro atoms. The van der Waals surface area contributed by atoms with E-state index in [9.17, 15) is 5.11 Å². The summed E-state index contributed by atoms with van der Waals surface area (Å²) in [5.74, 6) is 1.09. The lowest BCUT2D eigenvalue weighted by Gasteiger charge is -2.30. The van der Waals surface area contributed by atoms with Crippen molar-refractivity contribution in [2.24, 2.45) is 0 Å². The van der Waals surface area contributed by atoms with Crippen LogP contribution >= 0.6 is 11.3 Å². The normalized spacial score (nSPS) is 18.6. The number of rotatable bonds is 3. The summed E-state index contributed by atoms with van der Waals surface area (Å²) < 4.78 is 0. The molecule has 4 rings (SSSR count). The van der Waals surface area contributed by atoms with E-state index < -0.39 is 0 Å². The number of thiophene rings is 1. The van der Waals surface area contributed by atoms with Gasteiger partial charge in [-0.1, -0.05) is 6.07 Å². The molecule has 0 aliphatic carbocycles. The molecule has 1 aliphatic rings. The van der Waals surface area contributed by atoms with E-state index in [1.165, 1.54) is 6.42 Å². The van der Waals surface area contributed by atoms with Gasteiger partial charge in [-0.25, -0.2) is 0 Å². The zero-order valence-electron chi connectivity index (χ0n) is 14.5. The van der Waals surface area contributed by atoms with Crippen molar-refractivity contribution >= 4 is 27.9 Å². The van der Waals surface area contributed by atoms with Gasteiger partial charge in [-0.15, -0.1) is 10.2 Å². The number of likely N-dealkylation sites (N-methyl/N-ethyl adjacent to an activating group) is 1. The second kappa shape index (κ2) is 6.61. The summed E-state index contributed by atoms with van der Waals surface area (Å²) in [6, 6.07) is 6.06. The van der Waals surface area contributed by atoms with Crippen LogP contribution in [0.3, 0.4) is 0 Å². The highest BCUT2D eigenvalue weighted by Gasteiger charge is 2.20. The number of piperidine rings is 1. The van der Waals surface area contributed by atoms with Gasteiger partial charge < -0.3 is 15.3 Å². The number of aromatic nitrogens is 2. The monoisotopic (exact) mass is 354 g/mol. The molecular weight excluding hydrogens is 332 g/mol. The lowest BCUT2D eigenvalue weighted by atomic mass is 10.0. The van der Waals surface area contributed by atoms with Crippen molar-refractivity contribution < 1.29 is 5.11 Å². The first-order valence-electron chi connectivity index (χ1n) is 8.59. The van der Waals surface area contributed by atoms with Crippen LogP contribution in [-0.2, 0) is 0 Å². The largest absolute Gasteiger partial charge is 0.507 e. The zero-order valence-corrected chi connectivity index (χ0v) is 15.3. The number of nitrogens with zero attached hydrogens (tertiary/aromatic N) is 3. The minimum absolute atomic E-state index is 0.247. The van der Waals surface area contributed by atoms with Gasteiger partial charge >= 0.3 is 0 Å². The van der Waals surface area contributed by atoms with Gasteiger partial charge in [0.05, 0.1) is 0 Å². The molecule has 1 aliphatic heterocycles. The lowest BCUT2D eigenvalue weighted by molar-refractivity contribution is 0.261. The van der Waals surface area contributed by atoms with Crippen molar-refractivity contribution in [1.29, 1.82) is 0 Å². The number of phenols is 1. The Labute approximate surface area is 151 Å². The van der Waals surface area contributed by atoms with E-state index in [0.29, 0.717) is 6.04 Å². The first kappa shape index (κ1) is 16.3. The van der Waals surface area contributed by atoms with Crippen LogP contribution in [0.5, 0.6) is 5.75 Å². The fraction of sp³-hybridized carbons (Fsp3) is 0.368. The van der Waals surface area contributed by atoms with Gasteiger partial charge in [0.1, 0.15) is 11.4 Å². The molecule has 1 unspecified atom stereocenters. The smallest absolute Gasteiger partial charge is 0.157 e. The molecule has 3 heterocycles. The topological polar surface area (TPSA) is 61.3 Å². The summed E-state index contributed by atoms with van der Waals surface area (Å²) in [6.45, 7) is 4.14. The number of aromatic hydroxyl groups is 1. The Morgan fingerprint density at radius 1 is 1.24 bits per heavy atom. The Hall–Kier alpha value is -2.18. The number of fused-ring (bicyclic) bond motifs is 1. The molecule has 0 bridgehead atoms. The molecule has 1 fully saturated rings. The van der Waals surface area contributed by atoms with Crippen LogP contribution in [-0.4, -0.2) is 46.4 Å². The molecule has 1 atom stereocenters. The van der Waals surface area contributed by atoms with Crippen LogP contribution in [0, 0.1) is 6.92 Å². The average Bonchev–Trinajstić information content (AvgIpc) is 3.06. The van der Waals surface area contributed by atoms with Crippen molar-refractivity contribution in [3.8, 4) is 17.0 Å². The Morgan fingerprint density at radius 2 is 2.08 bits per heavy atom. The van der Waals surface area contributed by atoms with Crippen molar-refractivity contribution in [2.75, 3.05) is 25.5 Å². The van der Waals surface area contributed by atoms with Crippen molar-refractivity contribution in [2.45, 2.75) is 25.8 Å². The van der Waals surface area contributed by atoms with E-state index in [4.69, 9.17) is 0 Å². The molecule has 2 aromatic heterocycles. The number of nitrogens with one attached hydrogen (secondary N) is 1. The third kappa shape index (κ3) is 3.19. The minimum atomic E-state index is 0.247. The van der Waals surface area contributed by atoms with Gasteiger partial charge in [0.25, 0.3) is 0 Å². The number of likely N-dealkylation sites (tertiary alicyclic amines) is 1. The zero-order chi connectivity index (χ0) is 17.4. The number of phenolic OH excluding ortho intramolecular Hbond substituents is 1. The number of hydrogen-bond donors (Lipinski definition) is 2. The van der Waals surface area contributed by atoms with Crippen LogP contribution in [0.25, 0.3) is 22.0 Å². The third-order valence-corrected chi connectivity index (χ3v) is 5.54. The van der Waals surface area contributed by atoms with Crippen molar-refractivity contribution in [1.82, 2.24) is 15.1 Å². The Balaban J connectivity index is 1.71. The van der Waals surface area contributed by atoms with E-state index in [2.05, 4.69) is 38.2 Å². The van der Waals surface area contributed by atoms with Gasteiger partial charge in [0.2, 0.25) is 0 Å². The molecule has 0 radical (unpaired) electrons. The Bertz CT molecular complexity index is 908. The summed E-state index contributed by atoms with van der Waals surface area (Å²) in [7, 11) is 2.16. The van der Waals surface area contributed by atoms with Crippen LogP contribution in [0.2, 0.25) is 0 Å². The van der Waals surface area contributed by atoms with Crippen molar-refractivity contribution in [3.63, 3.8) is 0 Å². The maximum atomic E-state index is 10.3. The molecule has 6 heteroatoms. The molecule has 0 saturated carbocycles. The molecule has 25 heavy (non-hydrogen) atoms. The SMILES string of the molecule is Cc1ccc(-c2nnc(NC3CCCN(C)C3)c3cscc23)c(O)c1. The highest BCUT2D eigenvalue weighted by atomic mass is 32.1. The summed E-state index contributed by atoms with van der Waals surface area (Å²) in [4.78, 5) is 2.35. The summed E-state index contributed by atoms with van der Waals surface area (Å²) in [6.07, 6.45) is 2.35. The van der Waals surface area contributed by atoms with E-state index in [-0.39, 0.29) is 5.75 Å². The Morgan fingerprint density at radius 3 is 2.88 bits per heavy atom. The summed E-state index contributed by atoms with van der Waals surface area (Å²) in [5, 5.41) is 29.1. The summed E-state index contributed by atoms with van der Waals surface area (Å²) in [5.41, 5.74) is 2.49. The van der Waals surface area contributed by atoms with Gasteiger partial charge in [-0.05, 0) is 51.1 Å². The molecule has 1 saturated heterocycles. The maximum Gasteiger partial charge on any atom is 0.157 e. The number of hydrogen-bond acceptors (Lipinski definition) is 6. The van der Waals surface area contributed by atoms with Crippen LogP contribution in [0.4, 0.5) is 5.82 Å². The Kier molecular flexibility index (Phi) is 4.31. The number of aryl methyl sites for hydroxylation is 1. The van der Waals surface area contributed by atoms with E-state index in [0.717, 1.165) is 52.9 Å². The second-order valence-corrected chi connectivity index (χ2v) is 7.61. The first-order valence-corrected chi connectivity index (χ1v) is 9.54. The number of anilines is 1. The van der Waals surface area contributed by atoms with E-state index in [1.54, 1.807) is 17.4 Å². The standard InChI is InChI=1S/C19H22N4OS/c1-12-5-6-14(17(24)8-12)18-15-10-25-11-16(15)19(22-21-18)20-13-4-3-7-23(2)9-13/h5-6,8,10-11,13,24H,3-4,7,9H2,1-2H3,(H,20,22). The van der Waals surface area contributed by atoms with Gasteiger partial charge in [0.15, 0.2) is 5.82 Å². The highest BCUT2D eigenvalue weighted by Crippen LogP contribution is 2.36. The van der Waals surface area contributed by atoms with Gasteiger partial charge in [-0.2, -0.15) is 11.3 Å². The highest BCUT2D eigenvalue weighted by molar-refractivity contribution is 7.09. The molecule has 3 aromatic rings. The first-order chi connectivity index (χ1) is 12.1. The second-order valence-electron chi connectivity index (χ2n) is 6.86. The fourth-order valence-corrected chi connectivity index (χ4v) is 4.31. The van der Waals surface area contributed by atoms with Gasteiger partial charge in [0, 0.05) is 39.7 Å². The molecule has 5 nitrogen and oxygen atoms in total. The van der Waals surface area contributed by atoms with Crippen LogP contribution in [0.15, 0.2) is 29.0 Å². The third-order valence-electron chi connectivity index (χ3n) is 4.80. The lowest BCUT2D eigenvalue weighted by Crippen LogP contribution is -2.39. The molecule has 2 N–H and O–H groups in total. The number of benzene rings is 1. The predicted octanol–water partition coefficient (Wildman–Crippen LogP) is 3.88. The average molecular weight is 354 g/mol. The van der Waals surface area contributed by atoms with Crippen LogP contribution in [0.1, 0.15) is 18.4 Å². The fourth-order valence-electron chi connectivity index (χ4n) is 3.50. The molecule has 130 valence electrons. The quantitative estimate of drug-likeness (QED) is 0.747. The van der Waals surface area contributed by atoms with E-state index >= 15 is 0 Å².